The minimum absolute atomic E-state index is 0.297. The van der Waals surface area contributed by atoms with Gasteiger partial charge in [0, 0.05) is 24.2 Å². The van der Waals surface area contributed by atoms with E-state index in [2.05, 4.69) is 18.7 Å². The quantitative estimate of drug-likeness (QED) is 0.812. The first-order valence-electron chi connectivity index (χ1n) is 6.48. The van der Waals surface area contributed by atoms with Gasteiger partial charge in [-0.2, -0.15) is 0 Å². The molecule has 0 aliphatic heterocycles. The van der Waals surface area contributed by atoms with Gasteiger partial charge in [-0.1, -0.05) is 19.9 Å². The molecule has 0 aliphatic rings. The van der Waals surface area contributed by atoms with Gasteiger partial charge in [-0.15, -0.1) is 0 Å². The Morgan fingerprint density at radius 1 is 1.33 bits per heavy atom. The van der Waals surface area contributed by atoms with E-state index in [1.165, 1.54) is 6.07 Å². The SMILES string of the molecule is CCN(CC)CCOc1ccc(C(C)N)c(F)c1. The Balaban J connectivity index is 2.51. The lowest BCUT2D eigenvalue weighted by molar-refractivity contribution is 0.222. The molecule has 1 unspecified atom stereocenters. The van der Waals surface area contributed by atoms with Gasteiger partial charge in [0.25, 0.3) is 0 Å². The summed E-state index contributed by atoms with van der Waals surface area (Å²) in [6.07, 6.45) is 0. The normalized spacial score (nSPS) is 12.8. The van der Waals surface area contributed by atoms with Crippen molar-refractivity contribution in [3.63, 3.8) is 0 Å². The van der Waals surface area contributed by atoms with Crippen molar-refractivity contribution in [3.05, 3.63) is 29.6 Å². The van der Waals surface area contributed by atoms with Crippen molar-refractivity contribution >= 4 is 0 Å². The molecule has 0 heterocycles. The third-order valence-corrected chi connectivity index (χ3v) is 3.03. The summed E-state index contributed by atoms with van der Waals surface area (Å²) in [7, 11) is 0. The minimum Gasteiger partial charge on any atom is -0.492 e. The Bertz CT molecular complexity index is 365. The van der Waals surface area contributed by atoms with Crippen molar-refractivity contribution in [2.24, 2.45) is 5.73 Å². The van der Waals surface area contributed by atoms with E-state index < -0.39 is 0 Å². The topological polar surface area (TPSA) is 38.5 Å². The van der Waals surface area contributed by atoms with Crippen LogP contribution in [0.25, 0.3) is 0 Å². The fourth-order valence-corrected chi connectivity index (χ4v) is 1.80. The molecule has 0 aliphatic carbocycles. The largest absolute Gasteiger partial charge is 0.492 e. The van der Waals surface area contributed by atoms with Crippen LogP contribution in [0.5, 0.6) is 5.75 Å². The molecule has 3 nitrogen and oxygen atoms in total. The molecule has 4 heteroatoms. The molecule has 1 atom stereocenters. The predicted octanol–water partition coefficient (Wildman–Crippen LogP) is 2.57. The van der Waals surface area contributed by atoms with Crippen molar-refractivity contribution < 1.29 is 9.13 Å². The van der Waals surface area contributed by atoms with Gasteiger partial charge in [0.05, 0.1) is 0 Å². The van der Waals surface area contributed by atoms with Crippen molar-refractivity contribution in [3.8, 4) is 5.75 Å². The molecule has 0 fully saturated rings. The highest BCUT2D eigenvalue weighted by Gasteiger charge is 2.08. The van der Waals surface area contributed by atoms with Crippen molar-refractivity contribution in [1.82, 2.24) is 4.90 Å². The lowest BCUT2D eigenvalue weighted by Gasteiger charge is -2.18. The molecule has 0 saturated heterocycles. The van der Waals surface area contributed by atoms with E-state index >= 15 is 0 Å². The molecule has 0 radical (unpaired) electrons. The Kier molecular flexibility index (Phi) is 6.09. The van der Waals surface area contributed by atoms with E-state index in [1.54, 1.807) is 19.1 Å². The average molecular weight is 254 g/mol. The standard InChI is InChI=1S/C14H23FN2O/c1-4-17(5-2)8-9-18-12-6-7-13(11(3)16)14(15)10-12/h6-7,10-11H,4-5,8-9,16H2,1-3H3. The van der Waals surface area contributed by atoms with Gasteiger partial charge < -0.3 is 15.4 Å². The van der Waals surface area contributed by atoms with E-state index in [4.69, 9.17) is 10.5 Å². The zero-order chi connectivity index (χ0) is 13.5. The Labute approximate surface area is 109 Å². The molecule has 102 valence electrons. The van der Waals surface area contributed by atoms with Gasteiger partial charge in [0.2, 0.25) is 0 Å². The Hall–Kier alpha value is -1.13. The fourth-order valence-electron chi connectivity index (χ4n) is 1.80. The van der Waals surface area contributed by atoms with Gasteiger partial charge in [0.15, 0.2) is 0 Å². The summed E-state index contributed by atoms with van der Waals surface area (Å²) >= 11 is 0. The second-order valence-electron chi connectivity index (χ2n) is 4.35. The third-order valence-electron chi connectivity index (χ3n) is 3.03. The molecule has 18 heavy (non-hydrogen) atoms. The van der Waals surface area contributed by atoms with Crippen molar-refractivity contribution in [1.29, 1.82) is 0 Å². The number of likely N-dealkylation sites (N-methyl/N-ethyl adjacent to an activating group) is 1. The van der Waals surface area contributed by atoms with Gasteiger partial charge in [-0.25, -0.2) is 4.39 Å². The highest BCUT2D eigenvalue weighted by Crippen LogP contribution is 2.20. The molecule has 0 saturated carbocycles. The number of benzene rings is 1. The summed E-state index contributed by atoms with van der Waals surface area (Å²) in [5.41, 5.74) is 6.17. The van der Waals surface area contributed by atoms with Crippen molar-refractivity contribution in [2.75, 3.05) is 26.2 Å². The van der Waals surface area contributed by atoms with E-state index in [1.807, 2.05) is 0 Å². The van der Waals surface area contributed by atoms with Gasteiger partial charge in [-0.05, 0) is 26.1 Å². The van der Waals surface area contributed by atoms with Crippen molar-refractivity contribution in [2.45, 2.75) is 26.8 Å². The van der Waals surface area contributed by atoms with Crippen LogP contribution in [0.4, 0.5) is 4.39 Å². The van der Waals surface area contributed by atoms with Crippen LogP contribution in [0.2, 0.25) is 0 Å². The first-order chi connectivity index (χ1) is 8.58. The first kappa shape index (κ1) is 14.9. The maximum atomic E-state index is 13.6. The smallest absolute Gasteiger partial charge is 0.131 e. The van der Waals surface area contributed by atoms with Crippen LogP contribution < -0.4 is 10.5 Å². The lowest BCUT2D eigenvalue weighted by atomic mass is 10.1. The molecule has 0 spiro atoms. The zero-order valence-electron chi connectivity index (χ0n) is 11.4. The minimum atomic E-state index is -0.301. The molecule has 1 aromatic carbocycles. The highest BCUT2D eigenvalue weighted by molar-refractivity contribution is 5.30. The maximum Gasteiger partial charge on any atom is 0.131 e. The summed E-state index contributed by atoms with van der Waals surface area (Å²) in [5, 5.41) is 0. The molecular formula is C14H23FN2O. The van der Waals surface area contributed by atoms with Crippen LogP contribution in [-0.2, 0) is 0 Å². The van der Waals surface area contributed by atoms with Crippen LogP contribution in [0.3, 0.4) is 0 Å². The van der Waals surface area contributed by atoms with Crippen LogP contribution in [0.15, 0.2) is 18.2 Å². The molecule has 0 amide bonds. The number of halogens is 1. The lowest BCUT2D eigenvalue weighted by Crippen LogP contribution is -2.27. The number of nitrogens with zero attached hydrogens (tertiary/aromatic N) is 1. The number of hydrogen-bond acceptors (Lipinski definition) is 3. The van der Waals surface area contributed by atoms with Crippen LogP contribution in [0.1, 0.15) is 32.4 Å². The second kappa shape index (κ2) is 7.34. The Morgan fingerprint density at radius 2 is 2.00 bits per heavy atom. The molecule has 1 rings (SSSR count). The molecule has 0 aromatic heterocycles. The number of rotatable bonds is 7. The van der Waals surface area contributed by atoms with Gasteiger partial charge in [-0.3, -0.25) is 0 Å². The van der Waals surface area contributed by atoms with Crippen LogP contribution >= 0.6 is 0 Å². The summed E-state index contributed by atoms with van der Waals surface area (Å²) in [5.74, 6) is 0.259. The summed E-state index contributed by atoms with van der Waals surface area (Å²) < 4.78 is 19.2. The highest BCUT2D eigenvalue weighted by atomic mass is 19.1. The van der Waals surface area contributed by atoms with E-state index in [0.717, 1.165) is 19.6 Å². The summed E-state index contributed by atoms with van der Waals surface area (Å²) in [4.78, 5) is 2.26. The van der Waals surface area contributed by atoms with Gasteiger partial charge >= 0.3 is 0 Å². The van der Waals surface area contributed by atoms with Gasteiger partial charge in [0.1, 0.15) is 18.2 Å². The predicted molar refractivity (Wildman–Crippen MR) is 72.3 cm³/mol. The number of nitrogens with two attached hydrogens (primary N) is 1. The number of hydrogen-bond donors (Lipinski definition) is 1. The molecule has 0 bridgehead atoms. The first-order valence-corrected chi connectivity index (χ1v) is 6.48. The molecule has 1 aromatic rings. The number of ether oxygens (including phenoxy) is 1. The average Bonchev–Trinajstić information content (AvgIpc) is 2.34. The van der Waals surface area contributed by atoms with E-state index in [-0.39, 0.29) is 11.9 Å². The monoisotopic (exact) mass is 254 g/mol. The second-order valence-corrected chi connectivity index (χ2v) is 4.35. The maximum absolute atomic E-state index is 13.6. The third kappa shape index (κ3) is 4.27. The van der Waals surface area contributed by atoms with E-state index in [0.29, 0.717) is 17.9 Å². The van der Waals surface area contributed by atoms with Crippen LogP contribution in [0, 0.1) is 5.82 Å². The molecule has 2 N–H and O–H groups in total. The summed E-state index contributed by atoms with van der Waals surface area (Å²) in [6.45, 7) is 9.40. The Morgan fingerprint density at radius 3 is 2.50 bits per heavy atom. The van der Waals surface area contributed by atoms with E-state index in [9.17, 15) is 4.39 Å². The summed E-state index contributed by atoms with van der Waals surface area (Å²) in [6, 6.07) is 4.56. The zero-order valence-corrected chi connectivity index (χ0v) is 11.4. The van der Waals surface area contributed by atoms with Crippen LogP contribution in [-0.4, -0.2) is 31.1 Å². The fraction of sp³-hybridized carbons (Fsp3) is 0.571. The molecular weight excluding hydrogens is 231 g/mol.